The zero-order valence-corrected chi connectivity index (χ0v) is 21.3. The average Bonchev–Trinajstić information content (AvgIpc) is 3.06. The van der Waals surface area contributed by atoms with E-state index in [-0.39, 0.29) is 18.0 Å². The van der Waals surface area contributed by atoms with E-state index < -0.39 is 11.7 Å². The van der Waals surface area contributed by atoms with Gasteiger partial charge < -0.3 is 14.2 Å². The Morgan fingerprint density at radius 2 is 1.79 bits per heavy atom. The van der Waals surface area contributed by atoms with Gasteiger partial charge in [-0.25, -0.2) is 14.8 Å². The topological polar surface area (TPSA) is 74.4 Å². The van der Waals surface area contributed by atoms with Crippen molar-refractivity contribution in [3.8, 4) is 0 Å². The molecule has 2 aromatic rings. The molecule has 33 heavy (non-hydrogen) atoms. The van der Waals surface area contributed by atoms with Crippen molar-refractivity contribution in [3.63, 3.8) is 0 Å². The number of carbonyl (C=O) groups is 1. The summed E-state index contributed by atoms with van der Waals surface area (Å²) in [7, 11) is 0. The maximum atomic E-state index is 12.9. The molecular formula is C25H34ClN3O4. The van der Waals surface area contributed by atoms with Gasteiger partial charge in [0, 0.05) is 23.0 Å². The fourth-order valence-corrected chi connectivity index (χ4v) is 3.95. The molecule has 0 fully saturated rings. The third-order valence-corrected chi connectivity index (χ3v) is 5.39. The maximum Gasteiger partial charge on any atom is 0.419 e. The molecule has 2 atom stereocenters. The van der Waals surface area contributed by atoms with E-state index in [1.165, 1.54) is 4.57 Å². The van der Waals surface area contributed by atoms with Crippen molar-refractivity contribution in [2.75, 3.05) is 13.2 Å². The van der Waals surface area contributed by atoms with E-state index in [0.717, 1.165) is 10.9 Å². The van der Waals surface area contributed by atoms with Crippen molar-refractivity contribution in [2.24, 2.45) is 15.9 Å². The second kappa shape index (κ2) is 10.2. The predicted molar refractivity (Wildman–Crippen MR) is 133 cm³/mol. The molecule has 7 nitrogen and oxygen atoms in total. The van der Waals surface area contributed by atoms with Crippen LogP contribution in [0.3, 0.4) is 0 Å². The van der Waals surface area contributed by atoms with Crippen molar-refractivity contribution in [2.45, 2.75) is 72.6 Å². The standard InChI is InChI=1S/C25H34ClN3O4/c1-8-31-22-19(27-23(32-9-2)21(28-22)15(3)4)12-16-14-29(24(30)33-25(5,6)7)20-13-17(26)10-11-18(16)20/h10-11,13-15,19,21H,8-9,12H2,1-7H3/t19-,21+/m0/s1. The predicted octanol–water partition coefficient (Wildman–Crippen LogP) is 5.90. The number of halogens is 1. The Labute approximate surface area is 200 Å². The number of fused-ring (bicyclic) bond motifs is 1. The monoisotopic (exact) mass is 475 g/mol. The van der Waals surface area contributed by atoms with Crippen LogP contribution in [0.25, 0.3) is 10.9 Å². The van der Waals surface area contributed by atoms with Crippen LogP contribution < -0.4 is 0 Å². The zero-order valence-electron chi connectivity index (χ0n) is 20.5. The minimum absolute atomic E-state index is 0.176. The molecule has 0 saturated heterocycles. The second-order valence-electron chi connectivity index (χ2n) is 9.38. The van der Waals surface area contributed by atoms with Crippen LogP contribution in [0.1, 0.15) is 54.0 Å². The Bertz CT molecular complexity index is 1070. The van der Waals surface area contributed by atoms with Crippen molar-refractivity contribution >= 4 is 40.4 Å². The van der Waals surface area contributed by atoms with Crippen LogP contribution in [0.15, 0.2) is 34.4 Å². The van der Waals surface area contributed by atoms with E-state index in [1.807, 2.05) is 46.8 Å². The lowest BCUT2D eigenvalue weighted by molar-refractivity contribution is 0.0544. The molecule has 1 aliphatic rings. The summed E-state index contributed by atoms with van der Waals surface area (Å²) < 4.78 is 18.9. The van der Waals surface area contributed by atoms with Crippen LogP contribution in [0.2, 0.25) is 5.02 Å². The lowest BCUT2D eigenvalue weighted by Gasteiger charge is -2.28. The number of carbonyl (C=O) groups excluding carboxylic acids is 1. The molecule has 0 saturated carbocycles. The van der Waals surface area contributed by atoms with Gasteiger partial charge in [0.15, 0.2) is 0 Å². The van der Waals surface area contributed by atoms with Gasteiger partial charge in [-0.3, -0.25) is 4.57 Å². The molecule has 0 aliphatic carbocycles. The zero-order chi connectivity index (χ0) is 24.3. The fraction of sp³-hybridized carbons (Fsp3) is 0.560. The van der Waals surface area contributed by atoms with Crippen LogP contribution in [0, 0.1) is 5.92 Å². The Hall–Kier alpha value is -2.54. The first-order chi connectivity index (χ1) is 15.5. The van der Waals surface area contributed by atoms with Gasteiger partial charge in [0.05, 0.1) is 18.7 Å². The van der Waals surface area contributed by atoms with Gasteiger partial charge in [0.2, 0.25) is 11.8 Å². The molecule has 0 N–H and O–H groups in total. The number of aromatic nitrogens is 1. The second-order valence-corrected chi connectivity index (χ2v) is 9.81. The largest absolute Gasteiger partial charge is 0.480 e. The Balaban J connectivity index is 2.03. The van der Waals surface area contributed by atoms with Crippen LogP contribution >= 0.6 is 11.6 Å². The smallest absolute Gasteiger partial charge is 0.419 e. The maximum absolute atomic E-state index is 12.9. The number of rotatable bonds is 5. The summed E-state index contributed by atoms with van der Waals surface area (Å²) in [6, 6.07) is 4.97. The van der Waals surface area contributed by atoms with Gasteiger partial charge in [-0.1, -0.05) is 31.5 Å². The van der Waals surface area contributed by atoms with Crippen LogP contribution in [0.5, 0.6) is 0 Å². The fourth-order valence-electron chi connectivity index (χ4n) is 3.79. The van der Waals surface area contributed by atoms with Crippen molar-refractivity contribution in [1.29, 1.82) is 0 Å². The van der Waals surface area contributed by atoms with E-state index in [4.69, 9.17) is 35.8 Å². The molecule has 1 aromatic heterocycles. The minimum atomic E-state index is -0.618. The Morgan fingerprint density at radius 3 is 2.39 bits per heavy atom. The molecular weight excluding hydrogens is 442 g/mol. The Morgan fingerprint density at radius 1 is 1.12 bits per heavy atom. The lowest BCUT2D eigenvalue weighted by Crippen LogP contribution is -2.39. The first-order valence-corrected chi connectivity index (χ1v) is 11.9. The number of nitrogens with zero attached hydrogens (tertiary/aromatic N) is 3. The molecule has 2 heterocycles. The van der Waals surface area contributed by atoms with Gasteiger partial charge in [-0.05, 0) is 58.2 Å². The number of aliphatic imine (C=N–C) groups is 2. The normalized spacial score (nSPS) is 18.8. The number of hydrogen-bond donors (Lipinski definition) is 0. The SMILES string of the molecule is CCOC1=N[C@H](C(C)C)C(OCC)=N[C@H]1Cc1cn(C(=O)OC(C)(C)C)c2cc(Cl)ccc12. The van der Waals surface area contributed by atoms with Crippen molar-refractivity contribution in [1.82, 2.24) is 4.57 Å². The molecule has 0 unspecified atom stereocenters. The third kappa shape index (κ3) is 5.88. The average molecular weight is 476 g/mol. The molecule has 0 radical (unpaired) electrons. The van der Waals surface area contributed by atoms with Crippen molar-refractivity contribution < 1.29 is 19.0 Å². The summed E-state index contributed by atoms with van der Waals surface area (Å²) in [6.07, 6.45) is 1.83. The highest BCUT2D eigenvalue weighted by atomic mass is 35.5. The van der Waals surface area contributed by atoms with Gasteiger partial charge >= 0.3 is 6.09 Å². The summed E-state index contributed by atoms with van der Waals surface area (Å²) in [5.74, 6) is 1.44. The first kappa shape index (κ1) is 25.1. The highest BCUT2D eigenvalue weighted by molar-refractivity contribution is 6.31. The van der Waals surface area contributed by atoms with Gasteiger partial charge in [-0.15, -0.1) is 0 Å². The van der Waals surface area contributed by atoms with Crippen LogP contribution in [-0.2, 0) is 20.6 Å². The summed E-state index contributed by atoms with van der Waals surface area (Å²) in [6.45, 7) is 14.6. The molecule has 1 aromatic carbocycles. The number of hydrogen-bond acceptors (Lipinski definition) is 6. The molecule has 0 amide bonds. The van der Waals surface area contributed by atoms with E-state index >= 15 is 0 Å². The summed E-state index contributed by atoms with van der Waals surface area (Å²) in [4.78, 5) is 22.7. The third-order valence-electron chi connectivity index (χ3n) is 5.16. The van der Waals surface area contributed by atoms with E-state index in [9.17, 15) is 4.79 Å². The van der Waals surface area contributed by atoms with E-state index in [0.29, 0.717) is 42.0 Å². The Kier molecular flexibility index (Phi) is 7.73. The molecule has 3 rings (SSSR count). The summed E-state index contributed by atoms with van der Waals surface area (Å²) in [5.41, 5.74) is 0.992. The molecule has 0 spiro atoms. The van der Waals surface area contributed by atoms with Gasteiger partial charge in [-0.2, -0.15) is 0 Å². The highest BCUT2D eigenvalue weighted by Gasteiger charge is 2.32. The first-order valence-electron chi connectivity index (χ1n) is 11.5. The van der Waals surface area contributed by atoms with Gasteiger partial charge in [0.1, 0.15) is 17.7 Å². The van der Waals surface area contributed by atoms with E-state index in [1.54, 1.807) is 12.3 Å². The minimum Gasteiger partial charge on any atom is -0.480 e. The lowest BCUT2D eigenvalue weighted by atomic mass is 10.00. The van der Waals surface area contributed by atoms with Crippen LogP contribution in [0.4, 0.5) is 4.79 Å². The molecule has 8 heteroatoms. The number of ether oxygens (including phenoxy) is 3. The molecule has 1 aliphatic heterocycles. The summed E-state index contributed by atoms with van der Waals surface area (Å²) >= 11 is 6.25. The van der Waals surface area contributed by atoms with Crippen molar-refractivity contribution in [3.05, 3.63) is 35.0 Å². The summed E-state index contributed by atoms with van der Waals surface area (Å²) in [5, 5.41) is 1.45. The number of benzene rings is 1. The highest BCUT2D eigenvalue weighted by Crippen LogP contribution is 2.29. The van der Waals surface area contributed by atoms with Crippen LogP contribution in [-0.4, -0.2) is 53.4 Å². The van der Waals surface area contributed by atoms with Gasteiger partial charge in [0.25, 0.3) is 0 Å². The quantitative estimate of drug-likeness (QED) is 0.539. The van der Waals surface area contributed by atoms with E-state index in [2.05, 4.69) is 13.8 Å². The molecule has 0 bridgehead atoms. The molecule has 180 valence electrons.